The Kier molecular flexibility index (Phi) is 7.12. The molecule has 156 valence electrons. The number of amides is 1. The van der Waals surface area contributed by atoms with Crippen LogP contribution in [0.15, 0.2) is 36.4 Å². The van der Waals surface area contributed by atoms with Crippen molar-refractivity contribution in [1.29, 1.82) is 0 Å². The van der Waals surface area contributed by atoms with Gasteiger partial charge in [-0.05, 0) is 43.7 Å². The molecule has 0 atom stereocenters. The molecular weight excluding hydrogens is 366 g/mol. The number of nitrogens with one attached hydrogen (secondary N) is 1. The minimum Gasteiger partial charge on any atom is -0.497 e. The number of aryl methyl sites for hydroxylation is 2. The van der Waals surface area contributed by atoms with Gasteiger partial charge in [0.25, 0.3) is 0 Å². The molecule has 2 aromatic rings. The number of nitrogens with zero attached hydrogens (tertiary/aromatic N) is 2. The van der Waals surface area contributed by atoms with E-state index < -0.39 is 0 Å². The fourth-order valence-electron chi connectivity index (χ4n) is 3.70. The predicted molar refractivity (Wildman–Crippen MR) is 116 cm³/mol. The van der Waals surface area contributed by atoms with Crippen LogP contribution in [0.4, 0.5) is 5.69 Å². The number of carbonyl (C=O) groups excluding carboxylic acids is 1. The highest BCUT2D eigenvalue weighted by Crippen LogP contribution is 2.25. The van der Waals surface area contributed by atoms with Crippen molar-refractivity contribution < 1.29 is 14.3 Å². The number of ether oxygens (including phenoxy) is 2. The molecule has 6 heteroatoms. The molecule has 0 aromatic heterocycles. The van der Waals surface area contributed by atoms with Crippen molar-refractivity contribution in [2.45, 2.75) is 20.4 Å². The van der Waals surface area contributed by atoms with Crippen LogP contribution in [0.25, 0.3) is 0 Å². The summed E-state index contributed by atoms with van der Waals surface area (Å²) in [6.07, 6.45) is 0. The van der Waals surface area contributed by atoms with Gasteiger partial charge in [-0.1, -0.05) is 17.7 Å². The summed E-state index contributed by atoms with van der Waals surface area (Å²) in [5.74, 6) is 1.75. The van der Waals surface area contributed by atoms with E-state index in [0.717, 1.165) is 61.0 Å². The van der Waals surface area contributed by atoms with Gasteiger partial charge in [0.1, 0.15) is 11.5 Å². The molecule has 6 nitrogen and oxygen atoms in total. The van der Waals surface area contributed by atoms with E-state index in [0.29, 0.717) is 6.54 Å². The topological polar surface area (TPSA) is 54.0 Å². The van der Waals surface area contributed by atoms with Crippen molar-refractivity contribution >= 4 is 11.6 Å². The maximum atomic E-state index is 12.4. The van der Waals surface area contributed by atoms with Gasteiger partial charge >= 0.3 is 0 Å². The van der Waals surface area contributed by atoms with E-state index in [2.05, 4.69) is 28.1 Å². The highest BCUT2D eigenvalue weighted by molar-refractivity contribution is 5.93. The van der Waals surface area contributed by atoms with Crippen LogP contribution < -0.4 is 14.8 Å². The Balaban J connectivity index is 1.50. The molecular formula is C23H31N3O3. The van der Waals surface area contributed by atoms with E-state index in [1.165, 1.54) is 5.56 Å². The van der Waals surface area contributed by atoms with E-state index >= 15 is 0 Å². The van der Waals surface area contributed by atoms with Gasteiger partial charge in [0, 0.05) is 44.0 Å². The maximum Gasteiger partial charge on any atom is 0.238 e. The van der Waals surface area contributed by atoms with E-state index in [9.17, 15) is 4.79 Å². The van der Waals surface area contributed by atoms with Crippen molar-refractivity contribution in [3.63, 3.8) is 0 Å². The number of hydrogen-bond donors (Lipinski definition) is 1. The van der Waals surface area contributed by atoms with Crippen LogP contribution in [-0.2, 0) is 11.3 Å². The molecule has 1 amide bonds. The minimum absolute atomic E-state index is 0.0415. The van der Waals surface area contributed by atoms with Crippen LogP contribution in [0, 0.1) is 13.8 Å². The first-order chi connectivity index (χ1) is 14.0. The Bertz CT molecular complexity index is 845. The molecule has 0 aliphatic carbocycles. The molecule has 0 spiro atoms. The number of methoxy groups -OCH3 is 2. The molecule has 0 bridgehead atoms. The van der Waals surface area contributed by atoms with Crippen LogP contribution in [0.1, 0.15) is 16.7 Å². The normalized spacial score (nSPS) is 15.2. The van der Waals surface area contributed by atoms with E-state index in [1.54, 1.807) is 14.2 Å². The average molecular weight is 398 g/mol. The molecule has 29 heavy (non-hydrogen) atoms. The molecule has 1 aliphatic rings. The van der Waals surface area contributed by atoms with Crippen LogP contribution >= 0.6 is 0 Å². The van der Waals surface area contributed by atoms with E-state index in [4.69, 9.17) is 9.47 Å². The summed E-state index contributed by atoms with van der Waals surface area (Å²) in [4.78, 5) is 17.0. The zero-order chi connectivity index (χ0) is 20.8. The standard InChI is InChI=1S/C23H31N3O3/c1-17-5-7-21(18(2)13-17)24-23(27)16-26-11-9-25(10-12-26)15-19-14-20(28-3)6-8-22(19)29-4/h5-8,13-14H,9-12,15-16H2,1-4H3,(H,24,27). The first-order valence-corrected chi connectivity index (χ1v) is 10.0. The Morgan fingerprint density at radius 2 is 1.69 bits per heavy atom. The Morgan fingerprint density at radius 1 is 0.966 bits per heavy atom. The van der Waals surface area contributed by atoms with Crippen LogP contribution in [0.5, 0.6) is 11.5 Å². The van der Waals surface area contributed by atoms with Crippen molar-refractivity contribution in [3.05, 3.63) is 53.1 Å². The van der Waals surface area contributed by atoms with Crippen LogP contribution in [-0.4, -0.2) is 62.7 Å². The highest BCUT2D eigenvalue weighted by atomic mass is 16.5. The summed E-state index contributed by atoms with van der Waals surface area (Å²) in [6.45, 7) is 8.87. The first kappa shape index (κ1) is 21.1. The second kappa shape index (κ2) is 9.76. The Hall–Kier alpha value is -2.57. The summed E-state index contributed by atoms with van der Waals surface area (Å²) in [7, 11) is 3.37. The molecule has 1 saturated heterocycles. The largest absolute Gasteiger partial charge is 0.497 e. The lowest BCUT2D eigenvalue weighted by Crippen LogP contribution is -2.48. The first-order valence-electron chi connectivity index (χ1n) is 10.0. The smallest absolute Gasteiger partial charge is 0.238 e. The molecule has 0 saturated carbocycles. The Morgan fingerprint density at radius 3 is 2.34 bits per heavy atom. The molecule has 2 aromatic carbocycles. The van der Waals surface area contributed by atoms with Crippen LogP contribution in [0.3, 0.4) is 0 Å². The lowest BCUT2D eigenvalue weighted by atomic mass is 10.1. The summed E-state index contributed by atoms with van der Waals surface area (Å²) in [6, 6.07) is 12.0. The van der Waals surface area contributed by atoms with Gasteiger partial charge < -0.3 is 14.8 Å². The summed E-state index contributed by atoms with van der Waals surface area (Å²) < 4.78 is 10.8. The number of benzene rings is 2. The summed E-state index contributed by atoms with van der Waals surface area (Å²) in [5, 5.41) is 3.04. The molecule has 1 heterocycles. The van der Waals surface area contributed by atoms with Gasteiger partial charge in [0.15, 0.2) is 0 Å². The SMILES string of the molecule is COc1ccc(OC)c(CN2CCN(CC(=O)Nc3ccc(C)cc3C)CC2)c1. The van der Waals surface area contributed by atoms with Crippen LogP contribution in [0.2, 0.25) is 0 Å². The molecule has 3 rings (SSSR count). The fourth-order valence-corrected chi connectivity index (χ4v) is 3.70. The Labute approximate surface area is 173 Å². The highest BCUT2D eigenvalue weighted by Gasteiger charge is 2.20. The fraction of sp³-hybridized carbons (Fsp3) is 0.435. The molecule has 1 fully saturated rings. The molecule has 1 aliphatic heterocycles. The number of carbonyl (C=O) groups is 1. The lowest BCUT2D eigenvalue weighted by molar-refractivity contribution is -0.117. The van der Waals surface area contributed by atoms with Crippen molar-refractivity contribution in [2.24, 2.45) is 0 Å². The van der Waals surface area contributed by atoms with Gasteiger partial charge in [0.2, 0.25) is 5.91 Å². The quantitative estimate of drug-likeness (QED) is 0.778. The monoisotopic (exact) mass is 397 g/mol. The van der Waals surface area contributed by atoms with E-state index in [1.807, 2.05) is 37.3 Å². The molecule has 0 unspecified atom stereocenters. The van der Waals surface area contributed by atoms with Gasteiger partial charge in [-0.2, -0.15) is 0 Å². The maximum absolute atomic E-state index is 12.4. The van der Waals surface area contributed by atoms with Gasteiger partial charge in [0.05, 0.1) is 20.8 Å². The average Bonchev–Trinajstić information content (AvgIpc) is 2.71. The lowest BCUT2D eigenvalue weighted by Gasteiger charge is -2.34. The number of hydrogen-bond acceptors (Lipinski definition) is 5. The van der Waals surface area contributed by atoms with Crippen molar-refractivity contribution in [3.8, 4) is 11.5 Å². The summed E-state index contributed by atoms with van der Waals surface area (Å²) in [5.41, 5.74) is 4.30. The van der Waals surface area contributed by atoms with Crippen molar-refractivity contribution in [2.75, 3.05) is 52.3 Å². The van der Waals surface area contributed by atoms with Crippen molar-refractivity contribution in [1.82, 2.24) is 9.80 Å². The molecule has 1 N–H and O–H groups in total. The third-order valence-electron chi connectivity index (χ3n) is 5.37. The molecule has 0 radical (unpaired) electrons. The minimum atomic E-state index is 0.0415. The second-order valence-electron chi connectivity index (χ2n) is 7.60. The number of anilines is 1. The predicted octanol–water partition coefficient (Wildman–Crippen LogP) is 3.08. The third-order valence-corrected chi connectivity index (χ3v) is 5.37. The van der Waals surface area contributed by atoms with Gasteiger partial charge in [-0.25, -0.2) is 0 Å². The summed E-state index contributed by atoms with van der Waals surface area (Å²) >= 11 is 0. The van der Waals surface area contributed by atoms with E-state index in [-0.39, 0.29) is 5.91 Å². The van der Waals surface area contributed by atoms with Gasteiger partial charge in [-0.3, -0.25) is 14.6 Å². The second-order valence-corrected chi connectivity index (χ2v) is 7.60. The number of rotatable bonds is 7. The number of piperazine rings is 1. The zero-order valence-corrected chi connectivity index (χ0v) is 17.8. The van der Waals surface area contributed by atoms with Gasteiger partial charge in [-0.15, -0.1) is 0 Å². The zero-order valence-electron chi connectivity index (χ0n) is 17.8. The third kappa shape index (κ3) is 5.71.